The zero-order valence-corrected chi connectivity index (χ0v) is 17.4. The molecule has 0 amide bonds. The number of nitrogens with one attached hydrogen (secondary N) is 1. The summed E-state index contributed by atoms with van der Waals surface area (Å²) in [5, 5.41) is 12.2. The van der Waals surface area contributed by atoms with Crippen LogP contribution in [0.25, 0.3) is 11.2 Å². The van der Waals surface area contributed by atoms with Crippen molar-refractivity contribution in [2.24, 2.45) is 11.1 Å². The molecule has 3 aromatic rings. The van der Waals surface area contributed by atoms with E-state index in [1.165, 1.54) is 5.56 Å². The van der Waals surface area contributed by atoms with Gasteiger partial charge in [0.15, 0.2) is 5.65 Å². The van der Waals surface area contributed by atoms with Crippen LogP contribution in [0.1, 0.15) is 43.9 Å². The highest BCUT2D eigenvalue weighted by molar-refractivity contribution is 7.08. The van der Waals surface area contributed by atoms with Crippen molar-refractivity contribution in [2.75, 3.05) is 24.6 Å². The molecule has 3 aromatic heterocycles. The van der Waals surface area contributed by atoms with Gasteiger partial charge in [0.2, 0.25) is 0 Å². The number of nitrogens with two attached hydrogens (primary N) is 1. The van der Waals surface area contributed by atoms with E-state index in [0.717, 1.165) is 68.1 Å². The van der Waals surface area contributed by atoms with E-state index >= 15 is 0 Å². The maximum Gasteiger partial charge on any atom is 0.176 e. The van der Waals surface area contributed by atoms with E-state index < -0.39 is 0 Å². The lowest BCUT2D eigenvalue weighted by Gasteiger charge is -2.41. The van der Waals surface area contributed by atoms with Crippen molar-refractivity contribution in [3.63, 3.8) is 0 Å². The number of aromatic nitrogens is 4. The lowest BCUT2D eigenvalue weighted by Crippen LogP contribution is -2.50. The molecule has 0 unspecified atom stereocenters. The molecule has 152 valence electrons. The molecule has 7 nitrogen and oxygen atoms in total. The first-order chi connectivity index (χ1) is 14.1. The summed E-state index contributed by atoms with van der Waals surface area (Å²) >= 11 is 1.74. The number of hydrogen-bond donors (Lipinski definition) is 2. The predicted molar refractivity (Wildman–Crippen MR) is 113 cm³/mol. The van der Waals surface area contributed by atoms with Crippen molar-refractivity contribution < 1.29 is 4.74 Å². The van der Waals surface area contributed by atoms with Crippen LogP contribution in [-0.2, 0) is 10.2 Å². The number of H-pyrrole nitrogens is 1. The summed E-state index contributed by atoms with van der Waals surface area (Å²) in [6.45, 7) is 4.74. The number of fused-ring (bicyclic) bond motifs is 1. The Hall–Kier alpha value is -2.03. The zero-order chi connectivity index (χ0) is 19.6. The fraction of sp³-hybridized carbons (Fsp3) is 0.571. The van der Waals surface area contributed by atoms with Gasteiger partial charge in [0, 0.05) is 30.0 Å². The topological polar surface area (TPSA) is 93.0 Å². The van der Waals surface area contributed by atoms with Gasteiger partial charge in [-0.15, -0.1) is 0 Å². The third-order valence-corrected chi connectivity index (χ3v) is 8.15. The van der Waals surface area contributed by atoms with E-state index in [-0.39, 0.29) is 23.0 Å². The van der Waals surface area contributed by atoms with Gasteiger partial charge in [0.05, 0.1) is 18.9 Å². The third-order valence-electron chi connectivity index (χ3n) is 7.46. The molecule has 1 spiro atoms. The fourth-order valence-corrected chi connectivity index (χ4v) is 6.01. The molecule has 5 heterocycles. The minimum absolute atomic E-state index is 0.0290. The van der Waals surface area contributed by atoms with Gasteiger partial charge < -0.3 is 15.4 Å². The second-order valence-electron chi connectivity index (χ2n) is 8.98. The van der Waals surface area contributed by atoms with Gasteiger partial charge in [-0.05, 0) is 55.0 Å². The summed E-state index contributed by atoms with van der Waals surface area (Å²) in [5.74, 6) is 0.920. The Balaban J connectivity index is 1.25. The zero-order valence-electron chi connectivity index (χ0n) is 16.6. The number of anilines is 1. The number of nitrogens with zero attached hydrogens (tertiary/aromatic N) is 4. The molecule has 1 saturated carbocycles. The number of ether oxygens (including phenoxy) is 1. The van der Waals surface area contributed by atoms with Gasteiger partial charge in [0.1, 0.15) is 17.0 Å². The quantitative estimate of drug-likeness (QED) is 0.690. The summed E-state index contributed by atoms with van der Waals surface area (Å²) in [4.78, 5) is 12.0. The standard InChI is InChI=1S/C21H26N6OS/c1-13-17(22)20(12-28-13)5-7-27(8-6-20)15-10-23-16-18(25-26-19(16)24-15)21(3-4-21)14-2-9-29-11-14/h2,9-11,13,17H,3-8,12,22H2,1H3,(H,24,25,26)/t13-,17+/m0/s1. The van der Waals surface area contributed by atoms with Gasteiger partial charge in [-0.1, -0.05) is 0 Å². The van der Waals surface area contributed by atoms with Gasteiger partial charge in [-0.2, -0.15) is 16.4 Å². The molecule has 6 rings (SSSR count). The molecule has 3 N–H and O–H groups in total. The molecule has 3 aliphatic rings. The monoisotopic (exact) mass is 410 g/mol. The van der Waals surface area contributed by atoms with Crippen molar-refractivity contribution in [3.05, 3.63) is 34.3 Å². The molecule has 0 aromatic carbocycles. The lowest BCUT2D eigenvalue weighted by molar-refractivity contribution is 0.0974. The Morgan fingerprint density at radius 2 is 2.10 bits per heavy atom. The van der Waals surface area contributed by atoms with Crippen molar-refractivity contribution in [2.45, 2.75) is 50.2 Å². The highest BCUT2D eigenvalue weighted by Gasteiger charge is 2.50. The maximum absolute atomic E-state index is 6.45. The fourth-order valence-electron chi connectivity index (χ4n) is 5.26. The van der Waals surface area contributed by atoms with Crippen LogP contribution in [0.4, 0.5) is 5.82 Å². The Morgan fingerprint density at radius 3 is 2.76 bits per heavy atom. The van der Waals surface area contributed by atoms with Crippen molar-refractivity contribution >= 4 is 28.3 Å². The molecule has 1 aliphatic carbocycles. The molecular weight excluding hydrogens is 384 g/mol. The minimum Gasteiger partial charge on any atom is -0.376 e. The highest BCUT2D eigenvalue weighted by Crippen LogP contribution is 2.54. The number of thiophene rings is 1. The third kappa shape index (κ3) is 2.59. The minimum atomic E-state index is 0.0290. The first-order valence-corrected chi connectivity index (χ1v) is 11.4. The number of rotatable bonds is 3. The van der Waals surface area contributed by atoms with Crippen molar-refractivity contribution in [1.82, 2.24) is 20.2 Å². The second-order valence-corrected chi connectivity index (χ2v) is 9.76. The first-order valence-electron chi connectivity index (χ1n) is 10.5. The molecule has 3 fully saturated rings. The van der Waals surface area contributed by atoms with Gasteiger partial charge in [-0.3, -0.25) is 5.10 Å². The van der Waals surface area contributed by atoms with Crippen LogP contribution < -0.4 is 10.6 Å². The summed E-state index contributed by atoms with van der Waals surface area (Å²) < 4.78 is 5.84. The number of piperidine rings is 1. The van der Waals surface area contributed by atoms with Crippen LogP contribution >= 0.6 is 11.3 Å². The van der Waals surface area contributed by atoms with E-state index in [4.69, 9.17) is 20.4 Å². The SMILES string of the molecule is C[C@@H]1OCC2(CCN(c3cnc4c(C5(c6ccsc6)CC5)n[nH]c4n3)CC2)[C@@H]1N. The van der Waals surface area contributed by atoms with Crippen molar-refractivity contribution in [1.29, 1.82) is 0 Å². The Bertz CT molecular complexity index is 1030. The molecule has 0 radical (unpaired) electrons. The van der Waals surface area contributed by atoms with E-state index in [0.29, 0.717) is 0 Å². The lowest BCUT2D eigenvalue weighted by atomic mass is 9.73. The van der Waals surface area contributed by atoms with Crippen LogP contribution in [-0.4, -0.2) is 52.0 Å². The summed E-state index contributed by atoms with van der Waals surface area (Å²) in [7, 11) is 0. The highest BCUT2D eigenvalue weighted by atomic mass is 32.1. The normalized spacial score (nSPS) is 27.7. The summed E-state index contributed by atoms with van der Waals surface area (Å²) in [5.41, 5.74) is 10.7. The largest absolute Gasteiger partial charge is 0.376 e. The molecule has 2 atom stereocenters. The Kier molecular flexibility index (Phi) is 3.82. The Morgan fingerprint density at radius 1 is 1.28 bits per heavy atom. The van der Waals surface area contributed by atoms with E-state index in [1.807, 2.05) is 6.20 Å². The van der Waals surface area contributed by atoms with Gasteiger partial charge in [0.25, 0.3) is 0 Å². The van der Waals surface area contributed by atoms with Crippen LogP contribution in [0.15, 0.2) is 23.0 Å². The van der Waals surface area contributed by atoms with Crippen molar-refractivity contribution in [3.8, 4) is 0 Å². The van der Waals surface area contributed by atoms with Crippen LogP contribution in [0.3, 0.4) is 0 Å². The van der Waals surface area contributed by atoms with Crippen LogP contribution in [0, 0.1) is 5.41 Å². The van der Waals surface area contributed by atoms with Crippen LogP contribution in [0.2, 0.25) is 0 Å². The predicted octanol–water partition coefficient (Wildman–Crippen LogP) is 2.83. The molecule has 0 bridgehead atoms. The average molecular weight is 411 g/mol. The summed E-state index contributed by atoms with van der Waals surface area (Å²) in [6.07, 6.45) is 6.39. The number of aromatic amines is 1. The molecule has 2 saturated heterocycles. The molecule has 2 aliphatic heterocycles. The van der Waals surface area contributed by atoms with E-state index in [9.17, 15) is 0 Å². The smallest absolute Gasteiger partial charge is 0.176 e. The number of hydrogen-bond acceptors (Lipinski definition) is 7. The maximum atomic E-state index is 6.45. The summed E-state index contributed by atoms with van der Waals surface area (Å²) in [6, 6.07) is 2.34. The second kappa shape index (κ2) is 6.23. The first kappa shape index (κ1) is 17.8. The molecule has 29 heavy (non-hydrogen) atoms. The Labute approximate surface area is 173 Å². The van der Waals surface area contributed by atoms with E-state index in [1.54, 1.807) is 11.3 Å². The van der Waals surface area contributed by atoms with E-state index in [2.05, 4.69) is 38.8 Å². The van der Waals surface area contributed by atoms with Gasteiger partial charge >= 0.3 is 0 Å². The van der Waals surface area contributed by atoms with Crippen LogP contribution in [0.5, 0.6) is 0 Å². The van der Waals surface area contributed by atoms with Gasteiger partial charge in [-0.25, -0.2) is 9.97 Å². The molecule has 8 heteroatoms. The average Bonchev–Trinajstić information content (AvgIpc) is 3.09. The molecular formula is C21H26N6OS.